The highest BCUT2D eigenvalue weighted by atomic mass is 35.5. The largest absolute Gasteiger partial charge is 0.486 e. The fourth-order valence-corrected chi connectivity index (χ4v) is 5.52. The molecule has 2 unspecified atom stereocenters. The van der Waals surface area contributed by atoms with E-state index in [1.54, 1.807) is 12.1 Å². The molecule has 2 heterocycles. The van der Waals surface area contributed by atoms with Gasteiger partial charge in [0.25, 0.3) is 5.91 Å². The van der Waals surface area contributed by atoms with E-state index in [4.69, 9.17) is 25.8 Å². The van der Waals surface area contributed by atoms with E-state index >= 15 is 0 Å². The number of imide groups is 1. The van der Waals surface area contributed by atoms with Gasteiger partial charge in [0.05, 0.1) is 5.02 Å². The number of fused-ring (bicyclic) bond motifs is 1. The Balaban J connectivity index is 1.39. The van der Waals surface area contributed by atoms with Gasteiger partial charge in [0.15, 0.2) is 11.5 Å². The van der Waals surface area contributed by atoms with E-state index in [2.05, 4.69) is 26.1 Å². The smallest absolute Gasteiger partial charge is 0.326 e. The number of carbonyl (C=O) groups is 3. The number of halogens is 1. The second kappa shape index (κ2) is 7.89. The van der Waals surface area contributed by atoms with E-state index in [1.165, 1.54) is 0 Å². The Bertz CT molecular complexity index is 933. The van der Waals surface area contributed by atoms with E-state index in [1.807, 2.05) is 0 Å². The van der Waals surface area contributed by atoms with Crippen molar-refractivity contribution in [2.24, 2.45) is 11.3 Å². The summed E-state index contributed by atoms with van der Waals surface area (Å²) in [5, 5.41) is 3.23. The van der Waals surface area contributed by atoms with Crippen LogP contribution in [0.4, 0.5) is 4.79 Å². The standard InChI is InChI=1S/C22H27ClN2O6/c1-13-8-21(2,3)12-22(9-13)19(27)25(20(28)24-22)10-17(26)31-11-14-6-15(23)18-16(7-14)29-4-5-30-18/h6-7,13H,4-5,8-12H2,1-3H3,(H,24,28). The summed E-state index contributed by atoms with van der Waals surface area (Å²) in [5.74, 6) is 0.234. The van der Waals surface area contributed by atoms with Gasteiger partial charge >= 0.3 is 12.0 Å². The Morgan fingerprint density at radius 1 is 1.26 bits per heavy atom. The summed E-state index contributed by atoms with van der Waals surface area (Å²) in [6, 6.07) is 2.78. The number of rotatable bonds is 4. The molecule has 1 saturated heterocycles. The van der Waals surface area contributed by atoms with Gasteiger partial charge in [0.2, 0.25) is 0 Å². The third-order valence-electron chi connectivity index (χ3n) is 5.97. The van der Waals surface area contributed by atoms with Gasteiger partial charge in [-0.3, -0.25) is 14.5 Å². The molecule has 31 heavy (non-hydrogen) atoms. The lowest BCUT2D eigenvalue weighted by molar-refractivity contribution is -0.149. The maximum Gasteiger partial charge on any atom is 0.326 e. The molecular formula is C22H27ClN2O6. The van der Waals surface area contributed by atoms with Gasteiger partial charge in [0, 0.05) is 0 Å². The topological polar surface area (TPSA) is 94.2 Å². The molecule has 1 saturated carbocycles. The van der Waals surface area contributed by atoms with Crippen LogP contribution in [0.2, 0.25) is 5.02 Å². The molecule has 1 aromatic carbocycles. The van der Waals surface area contributed by atoms with Crippen LogP contribution in [0.15, 0.2) is 12.1 Å². The van der Waals surface area contributed by atoms with Crippen molar-refractivity contribution in [3.05, 3.63) is 22.7 Å². The lowest BCUT2D eigenvalue weighted by atomic mass is 9.64. The molecule has 2 aliphatic heterocycles. The van der Waals surface area contributed by atoms with Crippen LogP contribution in [-0.4, -0.2) is 48.1 Å². The van der Waals surface area contributed by atoms with Gasteiger partial charge in [-0.1, -0.05) is 32.4 Å². The fraction of sp³-hybridized carbons (Fsp3) is 0.591. The van der Waals surface area contributed by atoms with Crippen molar-refractivity contribution in [2.45, 2.75) is 52.2 Å². The first-order chi connectivity index (χ1) is 14.6. The zero-order valence-electron chi connectivity index (χ0n) is 18.0. The highest BCUT2D eigenvalue weighted by molar-refractivity contribution is 6.32. The normalized spacial score (nSPS) is 26.7. The summed E-state index contributed by atoms with van der Waals surface area (Å²) < 4.78 is 16.3. The lowest BCUT2D eigenvalue weighted by Crippen LogP contribution is -2.54. The van der Waals surface area contributed by atoms with Crippen LogP contribution >= 0.6 is 11.6 Å². The number of amides is 3. The third-order valence-corrected chi connectivity index (χ3v) is 6.25. The van der Waals surface area contributed by atoms with Gasteiger partial charge in [-0.2, -0.15) is 0 Å². The molecule has 0 radical (unpaired) electrons. The molecule has 4 rings (SSSR count). The molecule has 1 N–H and O–H groups in total. The Hall–Kier alpha value is -2.48. The summed E-state index contributed by atoms with van der Waals surface area (Å²) in [6.07, 6.45) is 2.11. The number of hydrogen-bond acceptors (Lipinski definition) is 6. The molecule has 2 fully saturated rings. The molecule has 9 heteroatoms. The molecule has 3 amide bonds. The van der Waals surface area contributed by atoms with Crippen LogP contribution in [-0.2, 0) is 20.9 Å². The van der Waals surface area contributed by atoms with E-state index < -0.39 is 24.1 Å². The van der Waals surface area contributed by atoms with Gasteiger partial charge in [-0.05, 0) is 48.3 Å². The van der Waals surface area contributed by atoms with Crippen LogP contribution < -0.4 is 14.8 Å². The Morgan fingerprint density at radius 3 is 2.74 bits per heavy atom. The maximum atomic E-state index is 13.1. The SMILES string of the molecule is CC1CC(C)(C)CC2(C1)NC(=O)N(CC(=O)OCc1cc(Cl)c3c(c1)OCCO3)C2=O. The summed E-state index contributed by atoms with van der Waals surface area (Å²) >= 11 is 6.20. The van der Waals surface area contributed by atoms with Crippen LogP contribution in [0.1, 0.15) is 45.6 Å². The molecule has 8 nitrogen and oxygen atoms in total. The highest BCUT2D eigenvalue weighted by Crippen LogP contribution is 2.46. The Morgan fingerprint density at radius 2 is 2.00 bits per heavy atom. The molecule has 168 valence electrons. The second-order valence-electron chi connectivity index (χ2n) is 9.52. The predicted molar refractivity (Wildman–Crippen MR) is 112 cm³/mol. The van der Waals surface area contributed by atoms with Gasteiger partial charge in [-0.15, -0.1) is 0 Å². The minimum Gasteiger partial charge on any atom is -0.486 e. The van der Waals surface area contributed by atoms with E-state index in [9.17, 15) is 14.4 Å². The van der Waals surface area contributed by atoms with Crippen molar-refractivity contribution < 1.29 is 28.6 Å². The Labute approximate surface area is 186 Å². The van der Waals surface area contributed by atoms with Crippen LogP contribution in [0, 0.1) is 11.3 Å². The first kappa shape index (κ1) is 21.7. The summed E-state index contributed by atoms with van der Waals surface area (Å²) in [7, 11) is 0. The molecule has 1 aromatic rings. The average molecular weight is 451 g/mol. The maximum absolute atomic E-state index is 13.1. The van der Waals surface area contributed by atoms with E-state index in [0.717, 1.165) is 11.3 Å². The zero-order valence-corrected chi connectivity index (χ0v) is 18.7. The van der Waals surface area contributed by atoms with Gasteiger partial charge in [0.1, 0.15) is 31.9 Å². The number of ether oxygens (including phenoxy) is 3. The number of nitrogens with zero attached hydrogens (tertiary/aromatic N) is 1. The fourth-order valence-electron chi connectivity index (χ4n) is 5.24. The van der Waals surface area contributed by atoms with Crippen molar-refractivity contribution in [3.63, 3.8) is 0 Å². The predicted octanol–water partition coefficient (Wildman–Crippen LogP) is 3.29. The van der Waals surface area contributed by atoms with Crippen molar-refractivity contribution in [2.75, 3.05) is 19.8 Å². The summed E-state index contributed by atoms with van der Waals surface area (Å²) in [5.41, 5.74) is -0.393. The van der Waals surface area contributed by atoms with E-state index in [-0.39, 0.29) is 17.9 Å². The van der Waals surface area contributed by atoms with E-state index in [0.29, 0.717) is 54.1 Å². The molecule has 0 bridgehead atoms. The zero-order chi connectivity index (χ0) is 22.4. The van der Waals surface area contributed by atoms with Crippen molar-refractivity contribution >= 4 is 29.5 Å². The van der Waals surface area contributed by atoms with Gasteiger partial charge in [-0.25, -0.2) is 4.79 Å². The van der Waals surface area contributed by atoms with Crippen molar-refractivity contribution in [1.82, 2.24) is 10.2 Å². The summed E-state index contributed by atoms with van der Waals surface area (Å²) in [4.78, 5) is 39.0. The first-order valence-electron chi connectivity index (χ1n) is 10.5. The quantitative estimate of drug-likeness (QED) is 0.558. The third kappa shape index (κ3) is 4.31. The van der Waals surface area contributed by atoms with Crippen LogP contribution in [0.3, 0.4) is 0 Å². The molecular weight excluding hydrogens is 424 g/mol. The number of benzene rings is 1. The number of esters is 1. The van der Waals surface area contributed by atoms with Crippen LogP contribution in [0.5, 0.6) is 11.5 Å². The Kier molecular flexibility index (Phi) is 5.54. The minimum absolute atomic E-state index is 0.0615. The molecule has 1 aliphatic carbocycles. The number of nitrogens with one attached hydrogen (secondary N) is 1. The minimum atomic E-state index is -0.943. The van der Waals surface area contributed by atoms with Crippen LogP contribution in [0.25, 0.3) is 0 Å². The van der Waals surface area contributed by atoms with Crippen molar-refractivity contribution in [3.8, 4) is 11.5 Å². The molecule has 0 aromatic heterocycles. The molecule has 2 atom stereocenters. The number of carbonyl (C=O) groups excluding carboxylic acids is 3. The monoisotopic (exact) mass is 450 g/mol. The van der Waals surface area contributed by atoms with Crippen molar-refractivity contribution in [1.29, 1.82) is 0 Å². The van der Waals surface area contributed by atoms with Gasteiger partial charge < -0.3 is 19.5 Å². The first-order valence-corrected chi connectivity index (χ1v) is 10.8. The summed E-state index contributed by atoms with van der Waals surface area (Å²) in [6.45, 7) is 6.61. The molecule has 3 aliphatic rings. The second-order valence-corrected chi connectivity index (χ2v) is 9.93. The highest BCUT2D eigenvalue weighted by Gasteiger charge is 2.56. The lowest BCUT2D eigenvalue weighted by Gasteiger charge is -2.43. The molecule has 1 spiro atoms. The number of urea groups is 1. The average Bonchev–Trinajstić information content (AvgIpc) is 2.88. The number of hydrogen-bond donors (Lipinski definition) is 1.